The topological polar surface area (TPSA) is 40.5 Å². The molecule has 0 bridgehead atoms. The highest BCUT2D eigenvalue weighted by Gasteiger charge is 2.44. The van der Waals surface area contributed by atoms with Crippen molar-refractivity contribution in [2.24, 2.45) is 5.41 Å². The van der Waals surface area contributed by atoms with Crippen LogP contribution in [0.5, 0.6) is 11.5 Å². The summed E-state index contributed by atoms with van der Waals surface area (Å²) in [4.78, 5) is 0. The SMILES string of the molecule is CCCC(c1ccc(O)cc1)(c1ccc(O)cc1)C(C)(C)C. The van der Waals surface area contributed by atoms with Crippen molar-refractivity contribution < 1.29 is 10.2 Å². The van der Waals surface area contributed by atoms with E-state index in [-0.39, 0.29) is 22.3 Å². The largest absolute Gasteiger partial charge is 0.508 e. The van der Waals surface area contributed by atoms with Gasteiger partial charge in [-0.15, -0.1) is 0 Å². The van der Waals surface area contributed by atoms with Gasteiger partial charge in [0.25, 0.3) is 0 Å². The average Bonchev–Trinajstić information content (AvgIpc) is 2.45. The first-order valence-electron chi connectivity index (χ1n) is 7.90. The van der Waals surface area contributed by atoms with Crippen LogP contribution < -0.4 is 0 Å². The summed E-state index contributed by atoms with van der Waals surface area (Å²) < 4.78 is 0. The monoisotopic (exact) mass is 298 g/mol. The van der Waals surface area contributed by atoms with Gasteiger partial charge in [-0.05, 0) is 47.2 Å². The molecule has 2 rings (SSSR count). The van der Waals surface area contributed by atoms with Crippen molar-refractivity contribution in [3.63, 3.8) is 0 Å². The van der Waals surface area contributed by atoms with Gasteiger partial charge in [-0.2, -0.15) is 0 Å². The van der Waals surface area contributed by atoms with Gasteiger partial charge in [-0.3, -0.25) is 0 Å². The first kappa shape index (κ1) is 16.4. The second kappa shape index (κ2) is 6.04. The lowest BCUT2D eigenvalue weighted by atomic mass is 9.57. The van der Waals surface area contributed by atoms with Crippen molar-refractivity contribution in [3.05, 3.63) is 59.7 Å². The zero-order chi connectivity index (χ0) is 16.4. The molecule has 2 heteroatoms. The molecule has 0 atom stereocenters. The van der Waals surface area contributed by atoms with E-state index < -0.39 is 0 Å². The Kier molecular flexibility index (Phi) is 4.50. The van der Waals surface area contributed by atoms with Gasteiger partial charge in [-0.25, -0.2) is 0 Å². The molecule has 0 unspecified atom stereocenters. The van der Waals surface area contributed by atoms with Gasteiger partial charge < -0.3 is 10.2 Å². The Balaban J connectivity index is 2.71. The van der Waals surface area contributed by atoms with Crippen molar-refractivity contribution in [2.75, 3.05) is 0 Å². The number of phenolic OH excluding ortho intramolecular Hbond substituents is 2. The summed E-state index contributed by atoms with van der Waals surface area (Å²) in [5.74, 6) is 0.572. The molecule has 0 radical (unpaired) electrons. The van der Waals surface area contributed by atoms with Crippen LogP contribution in [-0.2, 0) is 5.41 Å². The van der Waals surface area contributed by atoms with Crippen LogP contribution in [0.25, 0.3) is 0 Å². The van der Waals surface area contributed by atoms with Crippen LogP contribution in [0, 0.1) is 5.41 Å². The molecule has 0 aliphatic rings. The van der Waals surface area contributed by atoms with Gasteiger partial charge in [0, 0.05) is 5.41 Å². The number of rotatable bonds is 4. The lowest BCUT2D eigenvalue weighted by molar-refractivity contribution is 0.211. The molecular formula is C20H26O2. The maximum absolute atomic E-state index is 9.63. The summed E-state index contributed by atoms with van der Waals surface area (Å²) in [6.07, 6.45) is 2.06. The molecule has 0 aliphatic heterocycles. The van der Waals surface area contributed by atoms with E-state index in [1.54, 1.807) is 24.3 Å². The summed E-state index contributed by atoms with van der Waals surface area (Å²) in [6.45, 7) is 8.95. The molecule has 0 saturated heterocycles. The van der Waals surface area contributed by atoms with Crippen LogP contribution in [0.2, 0.25) is 0 Å². The molecule has 2 aromatic carbocycles. The maximum atomic E-state index is 9.63. The molecule has 0 aliphatic carbocycles. The Morgan fingerprint density at radius 1 is 0.727 bits per heavy atom. The Hall–Kier alpha value is -1.96. The molecule has 0 fully saturated rings. The highest BCUT2D eigenvalue weighted by Crippen LogP contribution is 2.50. The first-order valence-corrected chi connectivity index (χ1v) is 7.90. The fourth-order valence-corrected chi connectivity index (χ4v) is 3.56. The summed E-state index contributed by atoms with van der Waals surface area (Å²) in [7, 11) is 0. The van der Waals surface area contributed by atoms with Crippen LogP contribution >= 0.6 is 0 Å². The number of phenols is 2. The van der Waals surface area contributed by atoms with Crippen molar-refractivity contribution in [2.45, 2.75) is 46.0 Å². The van der Waals surface area contributed by atoms with Gasteiger partial charge >= 0.3 is 0 Å². The molecular weight excluding hydrogens is 272 g/mol. The summed E-state index contributed by atoms with van der Waals surface area (Å²) in [6, 6.07) is 15.1. The predicted octanol–water partition coefficient (Wildman–Crippen LogP) is 5.23. The summed E-state index contributed by atoms with van der Waals surface area (Å²) >= 11 is 0. The van der Waals surface area contributed by atoms with Gasteiger partial charge in [0.2, 0.25) is 0 Å². The molecule has 0 heterocycles. The Labute approximate surface area is 133 Å². The second-order valence-corrected chi connectivity index (χ2v) is 7.00. The summed E-state index contributed by atoms with van der Waals surface area (Å²) in [5.41, 5.74) is 2.23. The van der Waals surface area contributed by atoms with E-state index in [1.165, 1.54) is 11.1 Å². The third-order valence-corrected chi connectivity index (χ3v) is 4.63. The second-order valence-electron chi connectivity index (χ2n) is 7.00. The summed E-state index contributed by atoms with van der Waals surface area (Å²) in [5, 5.41) is 19.3. The predicted molar refractivity (Wildman–Crippen MR) is 91.4 cm³/mol. The highest BCUT2D eigenvalue weighted by atomic mass is 16.3. The van der Waals surface area contributed by atoms with Crippen molar-refractivity contribution in [1.29, 1.82) is 0 Å². The van der Waals surface area contributed by atoms with Gasteiger partial charge in [-0.1, -0.05) is 58.4 Å². The number of hydrogen-bond donors (Lipinski definition) is 2. The Morgan fingerprint density at radius 2 is 1.09 bits per heavy atom. The highest BCUT2D eigenvalue weighted by molar-refractivity contribution is 5.44. The zero-order valence-electron chi connectivity index (χ0n) is 13.9. The van der Waals surface area contributed by atoms with Crippen LogP contribution in [0.1, 0.15) is 51.7 Å². The normalized spacial score (nSPS) is 12.4. The van der Waals surface area contributed by atoms with Crippen LogP contribution in [0.3, 0.4) is 0 Å². The van der Waals surface area contributed by atoms with E-state index in [2.05, 4.69) is 27.7 Å². The third kappa shape index (κ3) is 2.83. The minimum atomic E-state index is -0.164. The molecule has 22 heavy (non-hydrogen) atoms. The van der Waals surface area contributed by atoms with E-state index in [9.17, 15) is 10.2 Å². The molecule has 2 aromatic rings. The Bertz CT molecular complexity index is 558. The van der Waals surface area contributed by atoms with E-state index in [0.29, 0.717) is 0 Å². The van der Waals surface area contributed by atoms with E-state index in [0.717, 1.165) is 12.8 Å². The van der Waals surface area contributed by atoms with E-state index >= 15 is 0 Å². The van der Waals surface area contributed by atoms with Gasteiger partial charge in [0.15, 0.2) is 0 Å². The van der Waals surface area contributed by atoms with Crippen LogP contribution in [0.4, 0.5) is 0 Å². The number of aromatic hydroxyl groups is 2. The molecule has 0 saturated carbocycles. The lowest BCUT2D eigenvalue weighted by Gasteiger charge is -2.46. The smallest absolute Gasteiger partial charge is 0.115 e. The van der Waals surface area contributed by atoms with Crippen molar-refractivity contribution in [3.8, 4) is 11.5 Å². The number of benzene rings is 2. The van der Waals surface area contributed by atoms with Crippen LogP contribution in [-0.4, -0.2) is 10.2 Å². The average molecular weight is 298 g/mol. The molecule has 2 N–H and O–H groups in total. The zero-order valence-corrected chi connectivity index (χ0v) is 13.9. The quantitative estimate of drug-likeness (QED) is 0.811. The number of hydrogen-bond acceptors (Lipinski definition) is 2. The first-order chi connectivity index (χ1) is 10.3. The standard InChI is InChI=1S/C20H26O2/c1-5-14-20(19(2,3)4,15-6-10-17(21)11-7-15)16-8-12-18(22)13-9-16/h6-13,21-22H,5,14H2,1-4H3. The molecule has 118 valence electrons. The molecule has 0 spiro atoms. The fourth-order valence-electron chi connectivity index (χ4n) is 3.56. The minimum absolute atomic E-state index is 0.00302. The molecule has 2 nitrogen and oxygen atoms in total. The third-order valence-electron chi connectivity index (χ3n) is 4.63. The molecule has 0 amide bonds. The van der Waals surface area contributed by atoms with E-state index in [4.69, 9.17) is 0 Å². The van der Waals surface area contributed by atoms with Crippen molar-refractivity contribution in [1.82, 2.24) is 0 Å². The Morgan fingerprint density at radius 3 is 1.36 bits per heavy atom. The van der Waals surface area contributed by atoms with Gasteiger partial charge in [0.05, 0.1) is 0 Å². The maximum Gasteiger partial charge on any atom is 0.115 e. The lowest BCUT2D eigenvalue weighted by Crippen LogP contribution is -2.41. The fraction of sp³-hybridized carbons (Fsp3) is 0.400. The van der Waals surface area contributed by atoms with E-state index in [1.807, 2.05) is 24.3 Å². The van der Waals surface area contributed by atoms with Crippen molar-refractivity contribution >= 4 is 0 Å². The molecule has 0 aromatic heterocycles. The minimum Gasteiger partial charge on any atom is -0.508 e. The van der Waals surface area contributed by atoms with Crippen LogP contribution in [0.15, 0.2) is 48.5 Å². The van der Waals surface area contributed by atoms with Gasteiger partial charge in [0.1, 0.15) is 11.5 Å².